The molecule has 0 radical (unpaired) electrons. The van der Waals surface area contributed by atoms with E-state index in [2.05, 4.69) is 169 Å². The van der Waals surface area contributed by atoms with Crippen LogP contribution in [-0.4, -0.2) is 0 Å². The van der Waals surface area contributed by atoms with Gasteiger partial charge in [-0.05, 0) is 142 Å². The molecule has 0 saturated heterocycles. The minimum atomic E-state index is 1.15. The summed E-state index contributed by atoms with van der Waals surface area (Å²) in [6.45, 7) is 0. The van der Waals surface area contributed by atoms with Crippen molar-refractivity contribution in [3.05, 3.63) is 173 Å². The summed E-state index contributed by atoms with van der Waals surface area (Å²) in [6, 6.07) is 52.3. The van der Waals surface area contributed by atoms with Crippen LogP contribution in [0.2, 0.25) is 0 Å². The van der Waals surface area contributed by atoms with Crippen molar-refractivity contribution in [2.75, 3.05) is 4.90 Å². The van der Waals surface area contributed by atoms with Gasteiger partial charge in [0.15, 0.2) is 0 Å². The Balaban J connectivity index is 1.03. The Bertz CT molecular complexity index is 2660. The summed E-state index contributed by atoms with van der Waals surface area (Å²) in [5.41, 5.74) is 11.7. The lowest BCUT2D eigenvalue weighted by molar-refractivity contribution is 0.602. The molecule has 8 aromatic rings. The lowest BCUT2D eigenvalue weighted by Crippen LogP contribution is -2.10. The van der Waals surface area contributed by atoms with Gasteiger partial charge in [-0.2, -0.15) is 0 Å². The van der Waals surface area contributed by atoms with E-state index in [1.807, 2.05) is 0 Å². The quantitative estimate of drug-likeness (QED) is 0.0905. The molecule has 0 bridgehead atoms. The van der Waals surface area contributed by atoms with E-state index >= 15 is 0 Å². The summed E-state index contributed by atoms with van der Waals surface area (Å²) < 4.78 is 0. The lowest BCUT2D eigenvalue weighted by atomic mass is 9.89. The Morgan fingerprint density at radius 2 is 0.764 bits per heavy atom. The second-order valence-corrected chi connectivity index (χ2v) is 15.8. The first kappa shape index (κ1) is 33.6. The van der Waals surface area contributed by atoms with E-state index in [0.29, 0.717) is 0 Å². The highest BCUT2D eigenvalue weighted by atomic mass is 15.1. The molecule has 268 valence electrons. The largest absolute Gasteiger partial charge is 0.310 e. The number of rotatable bonds is 7. The Morgan fingerprint density at radius 3 is 1.31 bits per heavy atom. The Hall–Kier alpha value is -5.92. The molecule has 55 heavy (non-hydrogen) atoms. The fourth-order valence-corrected chi connectivity index (χ4v) is 9.37. The van der Waals surface area contributed by atoms with Crippen LogP contribution >= 0.6 is 0 Å². The SMILES string of the molecule is C(=C1CCCCC1)c1ccc(/C=C/c2ccc(N(c3ccc(C=C4CCCCC4)cc3)c3ccc4c5cccc6cccc(c7cccc3c74)c65)cc2)cc1. The monoisotopic (exact) mass is 709 g/mol. The second kappa shape index (κ2) is 14.7. The zero-order chi connectivity index (χ0) is 36.6. The third-order valence-electron chi connectivity index (χ3n) is 12.2. The summed E-state index contributed by atoms with van der Waals surface area (Å²) in [6.07, 6.45) is 22.3. The minimum absolute atomic E-state index is 1.15. The lowest BCUT2D eigenvalue weighted by Gasteiger charge is -2.28. The number of nitrogens with zero attached hydrogens (tertiary/aromatic N) is 1. The van der Waals surface area contributed by atoms with E-state index in [1.165, 1.54) is 135 Å². The van der Waals surface area contributed by atoms with Gasteiger partial charge in [0.05, 0.1) is 5.69 Å². The van der Waals surface area contributed by atoms with Crippen LogP contribution in [0.1, 0.15) is 86.5 Å². The van der Waals surface area contributed by atoms with Gasteiger partial charge in [0.2, 0.25) is 0 Å². The molecule has 2 aliphatic rings. The van der Waals surface area contributed by atoms with Crippen molar-refractivity contribution in [1.82, 2.24) is 0 Å². The number of hydrogen-bond donors (Lipinski definition) is 0. The maximum Gasteiger partial charge on any atom is 0.0540 e. The second-order valence-electron chi connectivity index (χ2n) is 15.8. The van der Waals surface area contributed by atoms with Crippen molar-refractivity contribution in [3.8, 4) is 0 Å². The highest BCUT2D eigenvalue weighted by Crippen LogP contribution is 2.46. The van der Waals surface area contributed by atoms with E-state index in [4.69, 9.17) is 0 Å². The van der Waals surface area contributed by atoms with Crippen molar-refractivity contribution in [2.45, 2.75) is 64.2 Å². The minimum Gasteiger partial charge on any atom is -0.310 e. The molecule has 0 aliphatic heterocycles. The summed E-state index contributed by atoms with van der Waals surface area (Å²) in [5, 5.41) is 10.5. The molecular formula is C54H47N. The summed E-state index contributed by atoms with van der Waals surface area (Å²) in [4.78, 5) is 2.45. The molecule has 0 spiro atoms. The molecule has 8 aromatic carbocycles. The summed E-state index contributed by atoms with van der Waals surface area (Å²) in [7, 11) is 0. The normalized spacial score (nSPS) is 15.1. The van der Waals surface area contributed by atoms with Gasteiger partial charge in [-0.25, -0.2) is 0 Å². The standard InChI is InChI=1S/C54H47N/c1-3-10-40(11-4-1)36-42-24-22-38(23-25-42)20-21-39-26-30-45(31-27-39)55(46-32-28-43(29-33-46)37-41-12-5-2-6-13-41)52-35-34-50-48-17-8-15-44-14-7-16-47(53(44)48)49-18-9-19-51(52)54(49)50/h7-9,14-37H,1-6,10-13H2/b21-20+. The van der Waals surface area contributed by atoms with Crippen LogP contribution in [0.15, 0.2) is 151 Å². The van der Waals surface area contributed by atoms with Gasteiger partial charge in [-0.1, -0.05) is 157 Å². The average Bonchev–Trinajstić information content (AvgIpc) is 3.24. The molecule has 2 fully saturated rings. The van der Waals surface area contributed by atoms with Gasteiger partial charge in [-0.3, -0.25) is 0 Å². The predicted molar refractivity (Wildman–Crippen MR) is 240 cm³/mol. The Morgan fingerprint density at radius 1 is 0.345 bits per heavy atom. The van der Waals surface area contributed by atoms with E-state index in [1.54, 1.807) is 11.1 Å². The number of hydrogen-bond acceptors (Lipinski definition) is 1. The number of benzene rings is 8. The summed E-state index contributed by atoms with van der Waals surface area (Å²) >= 11 is 0. The van der Waals surface area contributed by atoms with E-state index < -0.39 is 0 Å². The predicted octanol–water partition coefficient (Wildman–Crippen LogP) is 16.1. The van der Waals surface area contributed by atoms with Crippen molar-refractivity contribution in [2.24, 2.45) is 0 Å². The van der Waals surface area contributed by atoms with E-state index in [9.17, 15) is 0 Å². The highest BCUT2D eigenvalue weighted by Gasteiger charge is 2.20. The molecule has 0 aromatic heterocycles. The Kier molecular flexibility index (Phi) is 9.00. The number of allylic oxidation sites excluding steroid dienone is 2. The molecule has 1 nitrogen and oxygen atoms in total. The zero-order valence-electron chi connectivity index (χ0n) is 31.6. The van der Waals surface area contributed by atoms with Crippen LogP contribution in [-0.2, 0) is 0 Å². The molecular weight excluding hydrogens is 663 g/mol. The van der Waals surface area contributed by atoms with Crippen molar-refractivity contribution in [3.63, 3.8) is 0 Å². The molecule has 0 atom stereocenters. The third-order valence-corrected chi connectivity index (χ3v) is 12.2. The van der Waals surface area contributed by atoms with Crippen LogP contribution in [0.4, 0.5) is 17.1 Å². The fraction of sp³-hybridized carbons (Fsp3) is 0.185. The van der Waals surface area contributed by atoms with E-state index in [0.717, 1.165) is 11.4 Å². The van der Waals surface area contributed by atoms with Crippen molar-refractivity contribution < 1.29 is 0 Å². The molecule has 0 amide bonds. The van der Waals surface area contributed by atoms with E-state index in [-0.39, 0.29) is 0 Å². The first-order valence-corrected chi connectivity index (χ1v) is 20.5. The van der Waals surface area contributed by atoms with Crippen LogP contribution in [0.25, 0.3) is 67.4 Å². The number of anilines is 3. The average molecular weight is 710 g/mol. The topological polar surface area (TPSA) is 3.24 Å². The van der Waals surface area contributed by atoms with Gasteiger partial charge in [0.25, 0.3) is 0 Å². The van der Waals surface area contributed by atoms with Crippen molar-refractivity contribution >= 4 is 84.5 Å². The maximum absolute atomic E-state index is 2.45. The maximum atomic E-state index is 2.45. The van der Waals surface area contributed by atoms with Gasteiger partial charge in [0.1, 0.15) is 0 Å². The van der Waals surface area contributed by atoms with Gasteiger partial charge >= 0.3 is 0 Å². The molecule has 0 N–H and O–H groups in total. The molecule has 2 saturated carbocycles. The van der Waals surface area contributed by atoms with Crippen LogP contribution in [0.3, 0.4) is 0 Å². The summed E-state index contributed by atoms with van der Waals surface area (Å²) in [5.74, 6) is 0. The van der Waals surface area contributed by atoms with Crippen molar-refractivity contribution in [1.29, 1.82) is 0 Å². The molecule has 1 heteroatoms. The van der Waals surface area contributed by atoms with Gasteiger partial charge in [-0.15, -0.1) is 0 Å². The first-order valence-electron chi connectivity index (χ1n) is 20.5. The number of fused-ring (bicyclic) bond motifs is 2. The molecule has 10 rings (SSSR count). The molecule has 2 aliphatic carbocycles. The van der Waals surface area contributed by atoms with Gasteiger partial charge in [0, 0.05) is 16.8 Å². The fourth-order valence-electron chi connectivity index (χ4n) is 9.37. The zero-order valence-corrected chi connectivity index (χ0v) is 31.6. The van der Waals surface area contributed by atoms with Gasteiger partial charge < -0.3 is 4.90 Å². The van der Waals surface area contributed by atoms with Crippen LogP contribution < -0.4 is 4.90 Å². The van der Waals surface area contributed by atoms with Crippen LogP contribution in [0, 0.1) is 0 Å². The Labute approximate surface area is 325 Å². The first-order chi connectivity index (χ1) is 27.2. The highest BCUT2D eigenvalue weighted by molar-refractivity contribution is 6.34. The smallest absolute Gasteiger partial charge is 0.0540 e. The molecule has 0 unspecified atom stereocenters. The third kappa shape index (κ3) is 6.63. The molecule has 0 heterocycles. The van der Waals surface area contributed by atoms with Crippen LogP contribution in [0.5, 0.6) is 0 Å².